The summed E-state index contributed by atoms with van der Waals surface area (Å²) < 4.78 is 57.3. The lowest BCUT2D eigenvalue weighted by Crippen LogP contribution is -2.30. The molecular weight excluding hydrogens is 552 g/mol. The molecule has 0 aliphatic carbocycles. The van der Waals surface area contributed by atoms with Crippen LogP contribution in [0, 0.1) is 11.6 Å². The number of aromatic amines is 2. The second-order valence-electron chi connectivity index (χ2n) is 9.61. The van der Waals surface area contributed by atoms with Crippen molar-refractivity contribution in [2.45, 2.75) is 43.5 Å². The molecule has 0 bridgehead atoms. The van der Waals surface area contributed by atoms with Crippen molar-refractivity contribution >= 4 is 26.9 Å². The van der Waals surface area contributed by atoms with E-state index in [0.29, 0.717) is 29.9 Å². The first kappa shape index (κ1) is 28.0. The predicted octanol–water partition coefficient (Wildman–Crippen LogP) is 4.67. The first-order valence-corrected chi connectivity index (χ1v) is 14.5. The van der Waals surface area contributed by atoms with Crippen LogP contribution in [0.2, 0.25) is 0 Å². The monoisotopic (exact) mass is 579 g/mol. The first-order valence-electron chi connectivity index (χ1n) is 13.0. The van der Waals surface area contributed by atoms with Gasteiger partial charge in [-0.25, -0.2) is 27.0 Å². The van der Waals surface area contributed by atoms with Crippen molar-refractivity contribution in [1.29, 1.82) is 0 Å². The van der Waals surface area contributed by atoms with Crippen LogP contribution in [0.4, 0.5) is 14.5 Å². The number of rotatable bonds is 10. The van der Waals surface area contributed by atoms with E-state index in [9.17, 15) is 26.8 Å². The SMILES string of the molecule is CCCCn1c(=O)[nH]c(=O)c2[nH]c(C(Cc3ccccc3F)c3ccc(NS(=O)(=O)c4ccc(F)cc4)cc3)nc21. The Bertz CT molecular complexity index is 1910. The Morgan fingerprint density at radius 3 is 2.34 bits per heavy atom. The highest BCUT2D eigenvalue weighted by atomic mass is 32.2. The number of nitrogens with zero attached hydrogens (tertiary/aromatic N) is 2. The molecule has 0 saturated carbocycles. The van der Waals surface area contributed by atoms with Gasteiger partial charge < -0.3 is 4.98 Å². The second kappa shape index (κ2) is 11.5. The molecule has 3 N–H and O–H groups in total. The predicted molar refractivity (Wildman–Crippen MR) is 151 cm³/mol. The zero-order valence-corrected chi connectivity index (χ0v) is 22.8. The first-order chi connectivity index (χ1) is 19.7. The summed E-state index contributed by atoms with van der Waals surface area (Å²) in [6, 6.07) is 17.2. The number of aryl methyl sites for hydroxylation is 1. The minimum absolute atomic E-state index is 0.0953. The average Bonchev–Trinajstić information content (AvgIpc) is 3.39. The topological polar surface area (TPSA) is 130 Å². The molecule has 212 valence electrons. The van der Waals surface area contributed by atoms with Gasteiger partial charge in [0.2, 0.25) is 0 Å². The van der Waals surface area contributed by atoms with Gasteiger partial charge in [0.25, 0.3) is 15.6 Å². The van der Waals surface area contributed by atoms with Gasteiger partial charge in [-0.3, -0.25) is 19.1 Å². The average molecular weight is 580 g/mol. The summed E-state index contributed by atoms with van der Waals surface area (Å²) in [5, 5.41) is 0. The highest BCUT2D eigenvalue weighted by Crippen LogP contribution is 2.30. The Morgan fingerprint density at radius 2 is 1.66 bits per heavy atom. The van der Waals surface area contributed by atoms with Gasteiger partial charge in [0, 0.05) is 18.2 Å². The number of fused-ring (bicyclic) bond motifs is 1. The number of H-pyrrole nitrogens is 2. The maximum atomic E-state index is 14.7. The van der Waals surface area contributed by atoms with Gasteiger partial charge in [0.15, 0.2) is 5.65 Å². The molecule has 0 aliphatic rings. The zero-order valence-electron chi connectivity index (χ0n) is 22.0. The number of unbranched alkanes of at least 4 members (excludes halogenated alkanes) is 1. The summed E-state index contributed by atoms with van der Waals surface area (Å²) in [4.78, 5) is 35.1. The van der Waals surface area contributed by atoms with Crippen molar-refractivity contribution in [3.8, 4) is 0 Å². The fourth-order valence-electron chi connectivity index (χ4n) is 4.62. The minimum atomic E-state index is -3.96. The van der Waals surface area contributed by atoms with E-state index in [1.807, 2.05) is 6.92 Å². The molecule has 2 heterocycles. The molecule has 1 unspecified atom stereocenters. The van der Waals surface area contributed by atoms with Gasteiger partial charge in [-0.15, -0.1) is 0 Å². The number of imidazole rings is 1. The number of aromatic nitrogens is 4. The van der Waals surface area contributed by atoms with Crippen LogP contribution in [0.5, 0.6) is 0 Å². The lowest BCUT2D eigenvalue weighted by Gasteiger charge is -2.17. The molecule has 12 heteroatoms. The molecule has 0 radical (unpaired) electrons. The van der Waals surface area contributed by atoms with E-state index in [0.717, 1.165) is 18.6 Å². The molecule has 5 rings (SSSR count). The molecule has 5 aromatic rings. The third kappa shape index (κ3) is 5.97. The van der Waals surface area contributed by atoms with E-state index in [4.69, 9.17) is 0 Å². The number of benzene rings is 3. The third-order valence-electron chi connectivity index (χ3n) is 6.79. The van der Waals surface area contributed by atoms with Crippen LogP contribution in [0.1, 0.15) is 42.6 Å². The summed E-state index contributed by atoms with van der Waals surface area (Å²) in [5.41, 5.74) is 0.524. The second-order valence-corrected chi connectivity index (χ2v) is 11.3. The molecule has 0 fully saturated rings. The number of sulfonamides is 1. The summed E-state index contributed by atoms with van der Waals surface area (Å²) in [5.74, 6) is -1.18. The van der Waals surface area contributed by atoms with E-state index in [1.54, 1.807) is 42.5 Å². The smallest absolute Gasteiger partial charge is 0.330 e. The lowest BCUT2D eigenvalue weighted by atomic mass is 9.91. The van der Waals surface area contributed by atoms with E-state index < -0.39 is 38.8 Å². The standard InChI is InChI=1S/C29H27F2N5O4S/c1-2-3-16-36-27-25(28(37)34-29(36)38)32-26(33-27)23(17-19-6-4-5-7-24(19)31)18-8-12-21(13-9-18)35-41(39,40)22-14-10-20(30)11-15-22/h4-15,23,35H,2-3,16-17H2,1H3,(H,32,33)(H,34,37,38). The fourth-order valence-corrected chi connectivity index (χ4v) is 5.67. The van der Waals surface area contributed by atoms with Gasteiger partial charge in [-0.05, 0) is 66.4 Å². The number of hydrogen-bond donors (Lipinski definition) is 3. The van der Waals surface area contributed by atoms with Gasteiger partial charge in [-0.1, -0.05) is 43.7 Å². The van der Waals surface area contributed by atoms with Crippen molar-refractivity contribution < 1.29 is 17.2 Å². The van der Waals surface area contributed by atoms with Crippen LogP contribution in [-0.4, -0.2) is 27.9 Å². The van der Waals surface area contributed by atoms with Gasteiger partial charge in [0.1, 0.15) is 23.0 Å². The van der Waals surface area contributed by atoms with Crippen molar-refractivity contribution in [3.05, 3.63) is 122 Å². The maximum Gasteiger partial charge on any atom is 0.330 e. The lowest BCUT2D eigenvalue weighted by molar-refractivity contribution is 0.597. The summed E-state index contributed by atoms with van der Waals surface area (Å²) in [7, 11) is -3.96. The molecule has 2 aromatic heterocycles. The van der Waals surface area contributed by atoms with Crippen LogP contribution in [-0.2, 0) is 23.0 Å². The zero-order chi connectivity index (χ0) is 29.1. The van der Waals surface area contributed by atoms with Crippen LogP contribution in [0.15, 0.2) is 87.3 Å². The van der Waals surface area contributed by atoms with Crippen molar-refractivity contribution in [1.82, 2.24) is 19.5 Å². The van der Waals surface area contributed by atoms with Crippen molar-refractivity contribution in [2.75, 3.05) is 4.72 Å². The highest BCUT2D eigenvalue weighted by Gasteiger charge is 2.23. The molecule has 9 nitrogen and oxygen atoms in total. The summed E-state index contributed by atoms with van der Waals surface area (Å²) in [6.45, 7) is 2.35. The highest BCUT2D eigenvalue weighted by molar-refractivity contribution is 7.92. The summed E-state index contributed by atoms with van der Waals surface area (Å²) in [6.07, 6.45) is 1.71. The van der Waals surface area contributed by atoms with E-state index >= 15 is 0 Å². The van der Waals surface area contributed by atoms with Gasteiger partial charge in [-0.2, -0.15) is 0 Å². The number of anilines is 1. The van der Waals surface area contributed by atoms with Gasteiger partial charge >= 0.3 is 5.69 Å². The molecule has 0 aliphatic heterocycles. The molecule has 0 saturated heterocycles. The Balaban J connectivity index is 1.54. The van der Waals surface area contributed by atoms with Crippen molar-refractivity contribution in [3.63, 3.8) is 0 Å². The van der Waals surface area contributed by atoms with Crippen LogP contribution in [0.3, 0.4) is 0 Å². The quantitative estimate of drug-likeness (QED) is 0.222. The third-order valence-corrected chi connectivity index (χ3v) is 8.19. The van der Waals surface area contributed by atoms with Crippen LogP contribution >= 0.6 is 0 Å². The van der Waals surface area contributed by atoms with Gasteiger partial charge in [0.05, 0.1) is 4.90 Å². The van der Waals surface area contributed by atoms with E-state index in [-0.39, 0.29) is 28.2 Å². The number of halogens is 2. The molecule has 41 heavy (non-hydrogen) atoms. The Hall–Kier alpha value is -4.58. The van der Waals surface area contributed by atoms with Crippen LogP contribution in [0.25, 0.3) is 11.2 Å². The Labute approximate surface area is 234 Å². The molecule has 3 aromatic carbocycles. The largest absolute Gasteiger partial charge is 0.336 e. The van der Waals surface area contributed by atoms with E-state index in [1.165, 1.54) is 22.8 Å². The van der Waals surface area contributed by atoms with Crippen molar-refractivity contribution in [2.24, 2.45) is 0 Å². The molecule has 0 spiro atoms. The van der Waals surface area contributed by atoms with E-state index in [2.05, 4.69) is 19.7 Å². The van der Waals surface area contributed by atoms with Crippen LogP contribution < -0.4 is 16.0 Å². The maximum absolute atomic E-state index is 14.7. The Kier molecular flexibility index (Phi) is 7.84. The molecule has 0 amide bonds. The fraction of sp³-hybridized carbons (Fsp3) is 0.207. The molecule has 1 atom stereocenters. The minimum Gasteiger partial charge on any atom is -0.336 e. The Morgan fingerprint density at radius 1 is 0.951 bits per heavy atom. The summed E-state index contributed by atoms with van der Waals surface area (Å²) >= 11 is 0. The number of nitrogens with one attached hydrogen (secondary N) is 3. The molecular formula is C29H27F2N5O4S. The number of hydrogen-bond acceptors (Lipinski definition) is 5. The normalized spacial score (nSPS) is 12.5.